The zero-order chi connectivity index (χ0) is 32.3. The standard InChI is InChI=1S/C34H43ClN4O5/c1-7-42-32(40)31(38-18-19-39-33(41)44-34(4,5)6)29(30(36)27-16-17-37-20-28(27)35)25-12-14-26(15-13-25)43-21-23-8-10-24(11-9-23)22(2)3/h8-17,22,28-29,36H,7,18-21H2,1-6H3,(H,39,41). The van der Waals surface area contributed by atoms with Crippen LogP contribution in [0.1, 0.15) is 70.1 Å². The van der Waals surface area contributed by atoms with Gasteiger partial charge >= 0.3 is 12.1 Å². The molecule has 2 N–H and O–H groups in total. The molecule has 10 heteroatoms. The van der Waals surface area contributed by atoms with Crippen LogP contribution in [-0.2, 0) is 20.9 Å². The molecule has 0 aliphatic carbocycles. The quantitative estimate of drug-likeness (QED) is 0.112. The fraction of sp³-hybridized carbons (Fsp3) is 0.441. The van der Waals surface area contributed by atoms with Crippen molar-refractivity contribution < 1.29 is 23.8 Å². The summed E-state index contributed by atoms with van der Waals surface area (Å²) < 4.78 is 16.7. The van der Waals surface area contributed by atoms with E-state index in [0.29, 0.717) is 36.0 Å². The molecule has 3 rings (SSSR count). The number of dihydropyridines is 1. The van der Waals surface area contributed by atoms with Gasteiger partial charge < -0.3 is 24.9 Å². The molecule has 1 aliphatic rings. The van der Waals surface area contributed by atoms with Crippen LogP contribution in [0.2, 0.25) is 0 Å². The summed E-state index contributed by atoms with van der Waals surface area (Å²) in [6.07, 6.45) is 2.71. The van der Waals surface area contributed by atoms with Crippen molar-refractivity contribution in [3.63, 3.8) is 0 Å². The van der Waals surface area contributed by atoms with Crippen LogP contribution in [-0.4, -0.2) is 66.9 Å². The number of carbonyl (C=O) groups excluding carboxylic acids is 2. The first kappa shape index (κ1) is 34.5. The summed E-state index contributed by atoms with van der Waals surface area (Å²) in [5, 5.41) is 11.3. The average molecular weight is 623 g/mol. The molecule has 0 bridgehead atoms. The molecule has 2 aromatic carbocycles. The zero-order valence-electron chi connectivity index (χ0n) is 26.4. The normalized spacial score (nSPS) is 15.8. The second-order valence-corrected chi connectivity index (χ2v) is 12.1. The number of nitrogens with zero attached hydrogens (tertiary/aromatic N) is 2. The molecule has 236 valence electrons. The molecule has 0 saturated heterocycles. The molecule has 2 atom stereocenters. The number of halogens is 1. The number of hydrogen-bond acceptors (Lipinski definition) is 8. The fourth-order valence-corrected chi connectivity index (χ4v) is 4.69. The van der Waals surface area contributed by atoms with Gasteiger partial charge in [-0.3, -0.25) is 9.98 Å². The number of hydrogen-bond donors (Lipinski definition) is 2. The SMILES string of the molecule is CCOC(=O)C(=NCCNC(=O)OC(C)(C)C)C(C(=N)C1=CC=NCC1Cl)c1ccc(OCc2ccc(C(C)C)cc2)cc1. The lowest BCUT2D eigenvalue weighted by Gasteiger charge is -2.25. The molecule has 1 aliphatic heterocycles. The van der Waals surface area contributed by atoms with Gasteiger partial charge in [-0.15, -0.1) is 11.6 Å². The van der Waals surface area contributed by atoms with Crippen molar-refractivity contribution >= 4 is 41.3 Å². The third kappa shape index (κ3) is 10.3. The molecule has 1 heterocycles. The van der Waals surface area contributed by atoms with E-state index in [1.54, 1.807) is 52.1 Å². The fourth-order valence-electron chi connectivity index (χ4n) is 4.42. The van der Waals surface area contributed by atoms with E-state index in [2.05, 4.69) is 53.4 Å². The topological polar surface area (TPSA) is 122 Å². The molecule has 44 heavy (non-hydrogen) atoms. The highest BCUT2D eigenvalue weighted by Crippen LogP contribution is 2.29. The number of rotatable bonds is 13. The van der Waals surface area contributed by atoms with Gasteiger partial charge in [-0.2, -0.15) is 0 Å². The minimum Gasteiger partial charge on any atom is -0.489 e. The van der Waals surface area contributed by atoms with E-state index in [-0.39, 0.29) is 31.1 Å². The third-order valence-electron chi connectivity index (χ3n) is 6.65. The maximum absolute atomic E-state index is 13.3. The third-order valence-corrected chi connectivity index (χ3v) is 7.02. The lowest BCUT2D eigenvalue weighted by Crippen LogP contribution is -2.35. The maximum Gasteiger partial charge on any atom is 0.407 e. The van der Waals surface area contributed by atoms with Gasteiger partial charge in [-0.25, -0.2) is 9.59 Å². The Morgan fingerprint density at radius 1 is 1.09 bits per heavy atom. The van der Waals surface area contributed by atoms with E-state index in [1.165, 1.54) is 5.56 Å². The van der Waals surface area contributed by atoms with Gasteiger partial charge in [0.15, 0.2) is 0 Å². The number of amides is 1. The lowest BCUT2D eigenvalue weighted by molar-refractivity contribution is -0.135. The Bertz CT molecular complexity index is 1380. The van der Waals surface area contributed by atoms with Crippen molar-refractivity contribution in [2.45, 2.75) is 71.0 Å². The van der Waals surface area contributed by atoms with Gasteiger partial charge in [0.2, 0.25) is 0 Å². The molecule has 0 fully saturated rings. The van der Waals surface area contributed by atoms with Crippen molar-refractivity contribution in [3.05, 3.63) is 76.9 Å². The van der Waals surface area contributed by atoms with Crippen molar-refractivity contribution in [1.82, 2.24) is 5.32 Å². The number of aliphatic imine (C=N–C) groups is 2. The Balaban J connectivity index is 1.87. The highest BCUT2D eigenvalue weighted by atomic mass is 35.5. The summed E-state index contributed by atoms with van der Waals surface area (Å²) in [5.74, 6) is -0.435. The van der Waals surface area contributed by atoms with Crippen LogP contribution in [0, 0.1) is 5.41 Å². The van der Waals surface area contributed by atoms with Crippen LogP contribution in [0.4, 0.5) is 4.79 Å². The number of allylic oxidation sites excluding steroid dienone is 1. The van der Waals surface area contributed by atoms with Gasteiger partial charge in [0.1, 0.15) is 23.7 Å². The number of alkyl carbamates (subject to hydrolysis) is 1. The molecular formula is C34H43ClN4O5. The lowest BCUT2D eigenvalue weighted by atomic mass is 9.84. The first-order valence-electron chi connectivity index (χ1n) is 14.8. The summed E-state index contributed by atoms with van der Waals surface area (Å²) in [6, 6.07) is 15.6. The monoisotopic (exact) mass is 622 g/mol. The second kappa shape index (κ2) is 16.2. The second-order valence-electron chi connectivity index (χ2n) is 11.6. The molecule has 2 unspecified atom stereocenters. The molecule has 0 radical (unpaired) electrons. The first-order valence-corrected chi connectivity index (χ1v) is 15.3. The Kier molecular flexibility index (Phi) is 12.7. The number of esters is 1. The number of alkyl halides is 1. The number of ether oxygens (including phenoxy) is 3. The van der Waals surface area contributed by atoms with Crippen LogP contribution < -0.4 is 10.1 Å². The predicted molar refractivity (Wildman–Crippen MR) is 176 cm³/mol. The molecule has 0 aromatic heterocycles. The van der Waals surface area contributed by atoms with Crippen LogP contribution in [0.25, 0.3) is 0 Å². The van der Waals surface area contributed by atoms with Gasteiger partial charge in [0.25, 0.3) is 0 Å². The van der Waals surface area contributed by atoms with Crippen molar-refractivity contribution in [3.8, 4) is 5.75 Å². The highest BCUT2D eigenvalue weighted by molar-refractivity contribution is 6.45. The summed E-state index contributed by atoms with van der Waals surface area (Å²) in [6.45, 7) is 12.4. The van der Waals surface area contributed by atoms with E-state index < -0.39 is 29.0 Å². The Hall–Kier alpha value is -3.98. The van der Waals surface area contributed by atoms with E-state index in [4.69, 9.17) is 25.8 Å². The van der Waals surface area contributed by atoms with Gasteiger partial charge in [0.05, 0.1) is 31.0 Å². The van der Waals surface area contributed by atoms with E-state index in [1.807, 2.05) is 12.1 Å². The maximum atomic E-state index is 13.3. The zero-order valence-corrected chi connectivity index (χ0v) is 27.1. The number of nitrogens with one attached hydrogen (secondary N) is 2. The largest absolute Gasteiger partial charge is 0.489 e. The number of carbonyl (C=O) groups is 2. The molecule has 0 spiro atoms. The Labute approximate surface area is 265 Å². The van der Waals surface area contributed by atoms with Crippen LogP contribution in [0.5, 0.6) is 5.75 Å². The Morgan fingerprint density at radius 3 is 2.34 bits per heavy atom. The van der Waals surface area contributed by atoms with Crippen LogP contribution in [0.15, 0.2) is 70.2 Å². The van der Waals surface area contributed by atoms with E-state index >= 15 is 0 Å². The van der Waals surface area contributed by atoms with Gasteiger partial charge in [-0.05, 0) is 74.1 Å². The van der Waals surface area contributed by atoms with E-state index in [0.717, 1.165) is 5.56 Å². The molecular weight excluding hydrogens is 580 g/mol. The summed E-state index contributed by atoms with van der Waals surface area (Å²) in [7, 11) is 0. The molecule has 1 amide bonds. The minimum absolute atomic E-state index is 0.0361. The summed E-state index contributed by atoms with van der Waals surface area (Å²) >= 11 is 6.56. The summed E-state index contributed by atoms with van der Waals surface area (Å²) in [5.41, 5.74) is 3.01. The van der Waals surface area contributed by atoms with Gasteiger partial charge in [-0.1, -0.05) is 50.2 Å². The first-order chi connectivity index (χ1) is 20.9. The predicted octanol–water partition coefficient (Wildman–Crippen LogP) is 6.64. The molecule has 2 aromatic rings. The number of benzene rings is 2. The smallest absolute Gasteiger partial charge is 0.407 e. The highest BCUT2D eigenvalue weighted by Gasteiger charge is 2.33. The van der Waals surface area contributed by atoms with Crippen molar-refractivity contribution in [2.75, 3.05) is 26.2 Å². The summed E-state index contributed by atoms with van der Waals surface area (Å²) in [4.78, 5) is 34.1. The molecule has 0 saturated carbocycles. The minimum atomic E-state index is -0.882. The van der Waals surface area contributed by atoms with Crippen LogP contribution >= 0.6 is 11.6 Å². The Morgan fingerprint density at radius 2 is 1.75 bits per heavy atom. The van der Waals surface area contributed by atoms with E-state index in [9.17, 15) is 15.0 Å². The van der Waals surface area contributed by atoms with Crippen LogP contribution in [0.3, 0.4) is 0 Å². The van der Waals surface area contributed by atoms with Crippen molar-refractivity contribution in [2.24, 2.45) is 9.98 Å². The molecule has 9 nitrogen and oxygen atoms in total. The average Bonchev–Trinajstić information content (AvgIpc) is 2.97. The van der Waals surface area contributed by atoms with Crippen molar-refractivity contribution in [1.29, 1.82) is 5.41 Å². The van der Waals surface area contributed by atoms with Gasteiger partial charge in [0, 0.05) is 18.5 Å².